The number of fused-ring (bicyclic) bond motifs is 1. The molecule has 19 heavy (non-hydrogen) atoms. The molecule has 0 saturated carbocycles. The molecule has 2 aromatic rings. The Morgan fingerprint density at radius 2 is 2.26 bits per heavy atom. The summed E-state index contributed by atoms with van der Waals surface area (Å²) >= 11 is 0. The summed E-state index contributed by atoms with van der Waals surface area (Å²) < 4.78 is 5.52. The van der Waals surface area contributed by atoms with Gasteiger partial charge in [0, 0.05) is 11.1 Å². The third-order valence-corrected chi connectivity index (χ3v) is 3.53. The average Bonchev–Trinajstić information content (AvgIpc) is 2.79. The van der Waals surface area contributed by atoms with Crippen molar-refractivity contribution in [2.45, 2.75) is 32.2 Å². The first-order chi connectivity index (χ1) is 9.22. The number of piperidine rings is 1. The Labute approximate surface area is 112 Å². The lowest BCUT2D eigenvalue weighted by atomic mass is 10.0. The number of amides is 1. The van der Waals surface area contributed by atoms with Crippen LogP contribution in [0.1, 0.15) is 25.0 Å². The Morgan fingerprint density at radius 3 is 3.05 bits per heavy atom. The Hall–Kier alpha value is -1.81. The lowest BCUT2D eigenvalue weighted by Crippen LogP contribution is -2.43. The second-order valence-corrected chi connectivity index (χ2v) is 5.10. The predicted octanol–water partition coefficient (Wildman–Crippen LogP) is 2.82. The van der Waals surface area contributed by atoms with Crippen LogP contribution in [0.15, 0.2) is 28.7 Å². The molecule has 1 aliphatic heterocycles. The van der Waals surface area contributed by atoms with E-state index >= 15 is 0 Å². The van der Waals surface area contributed by atoms with Gasteiger partial charge in [-0.05, 0) is 50.6 Å². The van der Waals surface area contributed by atoms with Crippen LogP contribution in [0.5, 0.6) is 0 Å². The standard InChI is InChI=1S/C15H18N2O2/c1-10-8-11-9-12(5-6-14(11)19-10)17-15(18)13-4-2-3-7-16-13/h5-6,8-9,13,16H,2-4,7H2,1H3,(H,17,18)/t13-/m1/s1. The van der Waals surface area contributed by atoms with Crippen LogP contribution in [0.25, 0.3) is 11.0 Å². The van der Waals surface area contributed by atoms with Gasteiger partial charge in [-0.25, -0.2) is 0 Å². The van der Waals surface area contributed by atoms with Crippen LogP contribution in [-0.2, 0) is 4.79 Å². The van der Waals surface area contributed by atoms with E-state index in [-0.39, 0.29) is 11.9 Å². The highest BCUT2D eigenvalue weighted by atomic mass is 16.3. The van der Waals surface area contributed by atoms with Crippen molar-refractivity contribution in [2.75, 3.05) is 11.9 Å². The van der Waals surface area contributed by atoms with E-state index < -0.39 is 0 Å². The van der Waals surface area contributed by atoms with Crippen molar-refractivity contribution in [1.82, 2.24) is 5.32 Å². The first kappa shape index (κ1) is 12.2. The minimum atomic E-state index is -0.0597. The number of anilines is 1. The fourth-order valence-electron chi connectivity index (χ4n) is 2.56. The quantitative estimate of drug-likeness (QED) is 0.871. The summed E-state index contributed by atoms with van der Waals surface area (Å²) in [6.07, 6.45) is 3.19. The molecule has 100 valence electrons. The summed E-state index contributed by atoms with van der Waals surface area (Å²) in [6.45, 7) is 2.85. The average molecular weight is 258 g/mol. The molecule has 4 nitrogen and oxygen atoms in total. The molecule has 1 fully saturated rings. The molecular weight excluding hydrogens is 240 g/mol. The van der Waals surface area contributed by atoms with Crippen molar-refractivity contribution in [3.05, 3.63) is 30.0 Å². The van der Waals surface area contributed by atoms with E-state index in [1.807, 2.05) is 31.2 Å². The fraction of sp³-hybridized carbons (Fsp3) is 0.400. The molecule has 1 aliphatic rings. The minimum Gasteiger partial charge on any atom is -0.461 e. The second-order valence-electron chi connectivity index (χ2n) is 5.10. The monoisotopic (exact) mass is 258 g/mol. The number of benzene rings is 1. The number of hydrogen-bond acceptors (Lipinski definition) is 3. The Morgan fingerprint density at radius 1 is 1.37 bits per heavy atom. The van der Waals surface area contributed by atoms with Gasteiger partial charge in [0.25, 0.3) is 0 Å². The van der Waals surface area contributed by atoms with E-state index in [1.165, 1.54) is 0 Å². The van der Waals surface area contributed by atoms with Crippen LogP contribution in [0.2, 0.25) is 0 Å². The molecule has 0 spiro atoms. The number of carbonyl (C=O) groups is 1. The zero-order valence-electron chi connectivity index (χ0n) is 11.0. The summed E-state index contributed by atoms with van der Waals surface area (Å²) in [5.74, 6) is 0.937. The lowest BCUT2D eigenvalue weighted by Gasteiger charge is -2.22. The van der Waals surface area contributed by atoms with Gasteiger partial charge in [-0.2, -0.15) is 0 Å². The summed E-state index contributed by atoms with van der Waals surface area (Å²) in [5.41, 5.74) is 1.68. The fourth-order valence-corrected chi connectivity index (χ4v) is 2.56. The number of nitrogens with one attached hydrogen (secondary N) is 2. The van der Waals surface area contributed by atoms with Gasteiger partial charge in [0.1, 0.15) is 11.3 Å². The van der Waals surface area contributed by atoms with Gasteiger partial charge in [-0.15, -0.1) is 0 Å². The Balaban J connectivity index is 1.74. The molecule has 0 unspecified atom stereocenters. The molecule has 1 atom stereocenters. The molecule has 1 aromatic heterocycles. The van der Waals surface area contributed by atoms with E-state index in [2.05, 4.69) is 10.6 Å². The molecule has 2 N–H and O–H groups in total. The van der Waals surface area contributed by atoms with Crippen molar-refractivity contribution >= 4 is 22.6 Å². The van der Waals surface area contributed by atoms with Crippen molar-refractivity contribution in [3.63, 3.8) is 0 Å². The van der Waals surface area contributed by atoms with Gasteiger partial charge >= 0.3 is 0 Å². The first-order valence-corrected chi connectivity index (χ1v) is 6.77. The van der Waals surface area contributed by atoms with Gasteiger partial charge in [-0.1, -0.05) is 6.42 Å². The molecule has 3 rings (SSSR count). The Kier molecular flexibility index (Phi) is 3.25. The minimum absolute atomic E-state index is 0.0549. The first-order valence-electron chi connectivity index (χ1n) is 6.77. The number of furan rings is 1. The highest BCUT2D eigenvalue weighted by Gasteiger charge is 2.20. The second kappa shape index (κ2) is 5.05. The maximum atomic E-state index is 12.1. The normalized spacial score (nSPS) is 19.5. The summed E-state index contributed by atoms with van der Waals surface area (Å²) in [4.78, 5) is 12.1. The number of rotatable bonds is 2. The predicted molar refractivity (Wildman–Crippen MR) is 75.2 cm³/mol. The van der Waals surface area contributed by atoms with Crippen molar-refractivity contribution in [3.8, 4) is 0 Å². The molecule has 0 radical (unpaired) electrons. The van der Waals surface area contributed by atoms with Crippen LogP contribution in [0.3, 0.4) is 0 Å². The van der Waals surface area contributed by atoms with Crippen LogP contribution >= 0.6 is 0 Å². The van der Waals surface area contributed by atoms with Crippen molar-refractivity contribution < 1.29 is 9.21 Å². The molecule has 0 aliphatic carbocycles. The van der Waals surface area contributed by atoms with E-state index in [0.717, 1.165) is 48.2 Å². The van der Waals surface area contributed by atoms with E-state index in [0.29, 0.717) is 0 Å². The smallest absolute Gasteiger partial charge is 0.241 e. The largest absolute Gasteiger partial charge is 0.461 e. The zero-order chi connectivity index (χ0) is 13.2. The van der Waals surface area contributed by atoms with Crippen LogP contribution in [0, 0.1) is 6.92 Å². The SMILES string of the molecule is Cc1cc2cc(NC(=O)[C@H]3CCCCN3)ccc2o1. The molecule has 1 amide bonds. The highest BCUT2D eigenvalue weighted by Crippen LogP contribution is 2.23. The maximum absolute atomic E-state index is 12.1. The third-order valence-electron chi connectivity index (χ3n) is 3.53. The van der Waals surface area contributed by atoms with Crippen molar-refractivity contribution in [2.24, 2.45) is 0 Å². The molecule has 0 bridgehead atoms. The molecule has 2 heterocycles. The molecule has 4 heteroatoms. The van der Waals surface area contributed by atoms with Crippen LogP contribution < -0.4 is 10.6 Å². The molecular formula is C15H18N2O2. The Bertz CT molecular complexity index is 597. The molecule has 1 saturated heterocycles. The van der Waals surface area contributed by atoms with Gasteiger partial charge < -0.3 is 15.1 Å². The van der Waals surface area contributed by atoms with Gasteiger partial charge in [-0.3, -0.25) is 4.79 Å². The number of aryl methyl sites for hydroxylation is 1. The van der Waals surface area contributed by atoms with Gasteiger partial charge in [0.15, 0.2) is 0 Å². The zero-order valence-corrected chi connectivity index (χ0v) is 11.0. The van der Waals surface area contributed by atoms with E-state index in [4.69, 9.17) is 4.42 Å². The highest BCUT2D eigenvalue weighted by molar-refractivity contribution is 5.96. The van der Waals surface area contributed by atoms with Gasteiger partial charge in [0.2, 0.25) is 5.91 Å². The third kappa shape index (κ3) is 2.63. The molecule has 1 aromatic carbocycles. The van der Waals surface area contributed by atoms with Gasteiger partial charge in [0.05, 0.1) is 6.04 Å². The van der Waals surface area contributed by atoms with Crippen LogP contribution in [0.4, 0.5) is 5.69 Å². The number of carbonyl (C=O) groups excluding carboxylic acids is 1. The summed E-state index contributed by atoms with van der Waals surface area (Å²) in [7, 11) is 0. The topological polar surface area (TPSA) is 54.3 Å². The lowest BCUT2D eigenvalue weighted by molar-refractivity contribution is -0.118. The van der Waals surface area contributed by atoms with Crippen LogP contribution in [-0.4, -0.2) is 18.5 Å². The van der Waals surface area contributed by atoms with E-state index in [9.17, 15) is 4.79 Å². The maximum Gasteiger partial charge on any atom is 0.241 e. The van der Waals surface area contributed by atoms with Crippen molar-refractivity contribution in [1.29, 1.82) is 0 Å². The number of hydrogen-bond donors (Lipinski definition) is 2. The summed E-state index contributed by atoms with van der Waals surface area (Å²) in [5, 5.41) is 7.24. The van der Waals surface area contributed by atoms with E-state index in [1.54, 1.807) is 0 Å². The summed E-state index contributed by atoms with van der Waals surface area (Å²) in [6, 6.07) is 7.64.